The zero-order valence-electron chi connectivity index (χ0n) is 13.9. The van der Waals surface area contributed by atoms with Crippen LogP contribution in [0.25, 0.3) is 0 Å². The predicted molar refractivity (Wildman–Crippen MR) is 95.2 cm³/mol. The highest BCUT2D eigenvalue weighted by molar-refractivity contribution is 5.81. The van der Waals surface area contributed by atoms with Crippen LogP contribution in [0.1, 0.15) is 37.3 Å². The van der Waals surface area contributed by atoms with E-state index in [0.29, 0.717) is 6.54 Å². The summed E-state index contributed by atoms with van der Waals surface area (Å²) in [6.07, 6.45) is 0.852. The van der Waals surface area contributed by atoms with E-state index in [9.17, 15) is 4.79 Å². The number of hydrogen-bond donors (Lipinski definition) is 2. The van der Waals surface area contributed by atoms with Gasteiger partial charge in [-0.3, -0.25) is 4.79 Å². The second-order valence-electron chi connectivity index (χ2n) is 6.22. The van der Waals surface area contributed by atoms with Crippen molar-refractivity contribution in [1.82, 2.24) is 5.32 Å². The van der Waals surface area contributed by atoms with Crippen LogP contribution < -0.4 is 11.1 Å². The Morgan fingerprint density at radius 2 is 1.43 bits per heavy atom. The maximum absolute atomic E-state index is 12.0. The molecular weight excluding hydrogens is 284 g/mol. The van der Waals surface area contributed by atoms with Gasteiger partial charge in [-0.15, -0.1) is 0 Å². The third kappa shape index (κ3) is 4.93. The molecule has 23 heavy (non-hydrogen) atoms. The normalized spacial score (nSPS) is 12.4. The van der Waals surface area contributed by atoms with Crippen LogP contribution in [0.15, 0.2) is 60.7 Å². The van der Waals surface area contributed by atoms with Crippen LogP contribution in [0, 0.1) is 5.92 Å². The number of hydrogen-bond acceptors (Lipinski definition) is 2. The van der Waals surface area contributed by atoms with Crippen molar-refractivity contribution in [1.29, 1.82) is 0 Å². The van der Waals surface area contributed by atoms with E-state index < -0.39 is 6.04 Å². The van der Waals surface area contributed by atoms with E-state index in [1.165, 1.54) is 11.1 Å². The molecule has 2 aromatic carbocycles. The molecule has 0 aliphatic rings. The summed E-state index contributed by atoms with van der Waals surface area (Å²) in [5, 5.41) is 2.97. The fourth-order valence-electron chi connectivity index (χ4n) is 2.66. The second-order valence-corrected chi connectivity index (χ2v) is 6.22. The van der Waals surface area contributed by atoms with Crippen LogP contribution in [0.4, 0.5) is 0 Å². The molecule has 3 N–H and O–H groups in total. The minimum atomic E-state index is -0.443. The van der Waals surface area contributed by atoms with Gasteiger partial charge >= 0.3 is 0 Å². The SMILES string of the molecule is CC(C)C(N)C(=O)NCCC(c1ccccc1)c1ccccc1. The standard InChI is InChI=1S/C20H26N2O/c1-15(2)19(21)20(23)22-14-13-18(16-9-5-3-6-10-16)17-11-7-4-8-12-17/h3-12,15,18-19H,13-14,21H2,1-2H3,(H,22,23). The Kier molecular flexibility index (Phi) is 6.36. The van der Waals surface area contributed by atoms with E-state index in [0.717, 1.165) is 6.42 Å². The fourth-order valence-corrected chi connectivity index (χ4v) is 2.66. The van der Waals surface area contributed by atoms with Gasteiger partial charge in [0.1, 0.15) is 0 Å². The van der Waals surface area contributed by atoms with Crippen LogP contribution in [0.5, 0.6) is 0 Å². The van der Waals surface area contributed by atoms with Gasteiger partial charge in [0, 0.05) is 12.5 Å². The molecule has 2 rings (SSSR count). The van der Waals surface area contributed by atoms with Crippen LogP contribution in [-0.4, -0.2) is 18.5 Å². The van der Waals surface area contributed by atoms with E-state index in [1.807, 2.05) is 26.0 Å². The van der Waals surface area contributed by atoms with Crippen LogP contribution in [-0.2, 0) is 4.79 Å². The molecule has 122 valence electrons. The minimum Gasteiger partial charge on any atom is -0.355 e. The second kappa shape index (κ2) is 8.49. The monoisotopic (exact) mass is 310 g/mol. The number of rotatable bonds is 7. The molecule has 0 saturated carbocycles. The summed E-state index contributed by atoms with van der Waals surface area (Å²) in [4.78, 5) is 12.0. The Balaban J connectivity index is 2.04. The zero-order valence-corrected chi connectivity index (χ0v) is 13.9. The molecule has 1 atom stereocenters. The van der Waals surface area contributed by atoms with Gasteiger partial charge in [-0.1, -0.05) is 74.5 Å². The first kappa shape index (κ1) is 17.2. The van der Waals surface area contributed by atoms with Gasteiger partial charge in [-0.05, 0) is 23.5 Å². The van der Waals surface area contributed by atoms with E-state index in [-0.39, 0.29) is 17.7 Å². The molecule has 0 bridgehead atoms. The van der Waals surface area contributed by atoms with E-state index in [1.54, 1.807) is 0 Å². The van der Waals surface area contributed by atoms with E-state index >= 15 is 0 Å². The molecule has 0 aliphatic heterocycles. The molecule has 0 spiro atoms. The summed E-state index contributed by atoms with van der Waals surface area (Å²) in [6, 6.07) is 20.4. The largest absolute Gasteiger partial charge is 0.355 e. The lowest BCUT2D eigenvalue weighted by molar-refractivity contribution is -0.123. The van der Waals surface area contributed by atoms with Gasteiger partial charge in [-0.2, -0.15) is 0 Å². The molecule has 0 saturated heterocycles. The first-order valence-electron chi connectivity index (χ1n) is 8.22. The van der Waals surface area contributed by atoms with Gasteiger partial charge in [0.25, 0.3) is 0 Å². The molecule has 0 aliphatic carbocycles. The molecular formula is C20H26N2O. The van der Waals surface area contributed by atoms with Crippen molar-refractivity contribution in [2.45, 2.75) is 32.2 Å². The van der Waals surface area contributed by atoms with Crippen LogP contribution in [0.2, 0.25) is 0 Å². The molecule has 0 heterocycles. The first-order chi connectivity index (χ1) is 11.1. The molecule has 2 aromatic rings. The van der Waals surface area contributed by atoms with Crippen LogP contribution in [0.3, 0.4) is 0 Å². The average molecular weight is 310 g/mol. The van der Waals surface area contributed by atoms with E-state index in [2.05, 4.69) is 53.8 Å². The number of carbonyl (C=O) groups is 1. The lowest BCUT2D eigenvalue weighted by Crippen LogP contribution is -2.44. The average Bonchev–Trinajstić information content (AvgIpc) is 2.59. The van der Waals surface area contributed by atoms with Crippen molar-refractivity contribution in [3.05, 3.63) is 71.8 Å². The zero-order chi connectivity index (χ0) is 16.7. The van der Waals surface area contributed by atoms with Gasteiger partial charge in [0.15, 0.2) is 0 Å². The third-order valence-electron chi connectivity index (χ3n) is 4.16. The maximum atomic E-state index is 12.0. The third-order valence-corrected chi connectivity index (χ3v) is 4.16. The molecule has 0 fully saturated rings. The molecule has 0 aromatic heterocycles. The summed E-state index contributed by atoms with van der Waals surface area (Å²) >= 11 is 0. The Labute approximate surface area is 138 Å². The topological polar surface area (TPSA) is 55.1 Å². The highest BCUT2D eigenvalue weighted by Gasteiger charge is 2.18. The maximum Gasteiger partial charge on any atom is 0.237 e. The predicted octanol–water partition coefficient (Wildman–Crippen LogP) is 3.31. The smallest absolute Gasteiger partial charge is 0.237 e. The number of amides is 1. The highest BCUT2D eigenvalue weighted by atomic mass is 16.2. The van der Waals surface area contributed by atoms with Crippen molar-refractivity contribution in [3.8, 4) is 0 Å². The Morgan fingerprint density at radius 3 is 1.87 bits per heavy atom. The lowest BCUT2D eigenvalue weighted by atomic mass is 9.88. The molecule has 1 unspecified atom stereocenters. The van der Waals surface area contributed by atoms with E-state index in [4.69, 9.17) is 5.73 Å². The number of carbonyl (C=O) groups excluding carboxylic acids is 1. The van der Waals surface area contributed by atoms with Crippen molar-refractivity contribution in [2.24, 2.45) is 11.7 Å². The Morgan fingerprint density at radius 1 is 0.957 bits per heavy atom. The van der Waals surface area contributed by atoms with Gasteiger partial charge < -0.3 is 11.1 Å². The van der Waals surface area contributed by atoms with Gasteiger partial charge in [-0.25, -0.2) is 0 Å². The summed E-state index contributed by atoms with van der Waals surface area (Å²) in [5.41, 5.74) is 8.42. The fraction of sp³-hybridized carbons (Fsp3) is 0.350. The van der Waals surface area contributed by atoms with Crippen molar-refractivity contribution in [3.63, 3.8) is 0 Å². The number of benzene rings is 2. The quantitative estimate of drug-likeness (QED) is 0.824. The summed E-state index contributed by atoms with van der Waals surface area (Å²) in [7, 11) is 0. The number of nitrogens with two attached hydrogens (primary N) is 1. The molecule has 3 heteroatoms. The van der Waals surface area contributed by atoms with Crippen molar-refractivity contribution < 1.29 is 4.79 Å². The first-order valence-corrected chi connectivity index (χ1v) is 8.22. The Bertz CT molecular complexity index is 556. The lowest BCUT2D eigenvalue weighted by Gasteiger charge is -2.20. The number of nitrogens with one attached hydrogen (secondary N) is 1. The minimum absolute atomic E-state index is 0.0696. The van der Waals surface area contributed by atoms with Crippen LogP contribution >= 0.6 is 0 Å². The Hall–Kier alpha value is -2.13. The summed E-state index contributed by atoms with van der Waals surface area (Å²) in [5.74, 6) is 0.349. The van der Waals surface area contributed by atoms with Gasteiger partial charge in [0.2, 0.25) is 5.91 Å². The highest BCUT2D eigenvalue weighted by Crippen LogP contribution is 2.27. The summed E-state index contributed by atoms with van der Waals surface area (Å²) < 4.78 is 0. The van der Waals surface area contributed by atoms with Gasteiger partial charge in [0.05, 0.1) is 6.04 Å². The van der Waals surface area contributed by atoms with Crippen molar-refractivity contribution in [2.75, 3.05) is 6.54 Å². The molecule has 1 amide bonds. The van der Waals surface area contributed by atoms with Crippen molar-refractivity contribution >= 4 is 5.91 Å². The molecule has 0 radical (unpaired) electrons. The molecule has 3 nitrogen and oxygen atoms in total. The summed E-state index contributed by atoms with van der Waals surface area (Å²) in [6.45, 7) is 4.54.